The first kappa shape index (κ1) is 25.3. The number of anilines is 3. The van der Waals surface area contributed by atoms with Crippen LogP contribution in [-0.4, -0.2) is 47.5 Å². The van der Waals surface area contributed by atoms with Gasteiger partial charge in [-0.15, -0.1) is 0 Å². The summed E-state index contributed by atoms with van der Waals surface area (Å²) in [6.07, 6.45) is 4.17. The average Bonchev–Trinajstić information content (AvgIpc) is 3.28. The van der Waals surface area contributed by atoms with Crippen LogP contribution in [-0.2, 0) is 4.79 Å². The van der Waals surface area contributed by atoms with Crippen LogP contribution in [0.4, 0.5) is 26.0 Å². The summed E-state index contributed by atoms with van der Waals surface area (Å²) in [7, 11) is 2.17. The van der Waals surface area contributed by atoms with Gasteiger partial charge in [-0.05, 0) is 64.2 Å². The van der Waals surface area contributed by atoms with Crippen molar-refractivity contribution in [3.8, 4) is 5.75 Å². The molecule has 2 heterocycles. The van der Waals surface area contributed by atoms with Crippen LogP contribution in [0.3, 0.4) is 0 Å². The van der Waals surface area contributed by atoms with Gasteiger partial charge in [0.05, 0.1) is 22.8 Å². The fourth-order valence-corrected chi connectivity index (χ4v) is 3.51. The van der Waals surface area contributed by atoms with E-state index in [1.54, 1.807) is 19.1 Å². The highest BCUT2D eigenvalue weighted by molar-refractivity contribution is 6.31. The van der Waals surface area contributed by atoms with Gasteiger partial charge in [-0.2, -0.15) is 0 Å². The van der Waals surface area contributed by atoms with Crippen LogP contribution in [0.25, 0.3) is 10.9 Å². The zero-order chi connectivity index (χ0) is 24.7. The molecular formula is C24H26ClF2N5O2. The zero-order valence-electron chi connectivity index (χ0n) is 19.0. The van der Waals surface area contributed by atoms with E-state index in [-0.39, 0.29) is 10.7 Å². The Morgan fingerprint density at radius 3 is 2.56 bits per heavy atom. The van der Waals surface area contributed by atoms with E-state index in [2.05, 4.69) is 39.1 Å². The summed E-state index contributed by atoms with van der Waals surface area (Å²) in [6, 6.07) is 7.28. The topological polar surface area (TPSA) is 79.4 Å². The van der Waals surface area contributed by atoms with Gasteiger partial charge in [0.15, 0.2) is 5.83 Å². The van der Waals surface area contributed by atoms with Crippen LogP contribution in [0.15, 0.2) is 49.1 Å². The number of nitrogens with one attached hydrogen (secondary N) is 2. The van der Waals surface area contributed by atoms with Crippen LogP contribution >= 0.6 is 11.6 Å². The summed E-state index contributed by atoms with van der Waals surface area (Å²) in [6.45, 7) is 7.72. The van der Waals surface area contributed by atoms with Gasteiger partial charge in [-0.3, -0.25) is 4.79 Å². The molecule has 0 atom stereocenters. The number of benzene rings is 2. The fraction of sp³-hybridized carbons (Fsp3) is 0.292. The normalized spacial score (nSPS) is 13.2. The average molecular weight is 490 g/mol. The van der Waals surface area contributed by atoms with E-state index in [1.165, 1.54) is 50.5 Å². The Balaban J connectivity index is 0.000000469. The number of nitrogens with zero attached hydrogens (tertiary/aromatic N) is 3. The number of likely N-dealkylation sites (tertiary alicyclic amines) is 1. The van der Waals surface area contributed by atoms with E-state index in [9.17, 15) is 13.6 Å². The molecule has 2 N–H and O–H groups in total. The Kier molecular flexibility index (Phi) is 8.72. The molecule has 1 aliphatic heterocycles. The van der Waals surface area contributed by atoms with Gasteiger partial charge < -0.3 is 20.3 Å². The molecular weight excluding hydrogens is 464 g/mol. The van der Waals surface area contributed by atoms with E-state index in [4.69, 9.17) is 16.3 Å². The van der Waals surface area contributed by atoms with Crippen molar-refractivity contribution in [1.82, 2.24) is 14.9 Å². The highest BCUT2D eigenvalue weighted by Crippen LogP contribution is 2.34. The lowest BCUT2D eigenvalue weighted by Gasteiger charge is -2.14. The van der Waals surface area contributed by atoms with Gasteiger partial charge in [0, 0.05) is 17.1 Å². The quantitative estimate of drug-likeness (QED) is 0.432. The lowest BCUT2D eigenvalue weighted by Crippen LogP contribution is -2.12. The molecule has 0 bridgehead atoms. The molecule has 10 heteroatoms. The van der Waals surface area contributed by atoms with Crippen LogP contribution < -0.4 is 15.4 Å². The number of carbonyl (C=O) groups is 1. The summed E-state index contributed by atoms with van der Waals surface area (Å²) in [4.78, 5) is 22.4. The Hall–Kier alpha value is -3.30. The molecule has 1 saturated heterocycles. The first-order valence-corrected chi connectivity index (χ1v) is 11.1. The predicted octanol–water partition coefficient (Wildman–Crippen LogP) is 5.70. The maximum Gasteiger partial charge on any atom is 0.283 e. The molecule has 0 unspecified atom stereocenters. The number of amides is 1. The van der Waals surface area contributed by atoms with Crippen molar-refractivity contribution in [2.24, 2.45) is 0 Å². The molecule has 1 fully saturated rings. The van der Waals surface area contributed by atoms with Crippen molar-refractivity contribution >= 4 is 45.6 Å². The lowest BCUT2D eigenvalue weighted by atomic mass is 10.1. The maximum atomic E-state index is 13.4. The SMILES string of the molecule is C=C(F)C(=O)Nc1cc2c(Nc3ccc(F)c(Cl)c3)ncnc2cc1OCC.CN1CCCC1. The summed E-state index contributed by atoms with van der Waals surface area (Å²) >= 11 is 5.81. The molecule has 180 valence electrons. The van der Waals surface area contributed by atoms with Crippen molar-refractivity contribution in [3.63, 3.8) is 0 Å². The number of ether oxygens (including phenoxy) is 1. The fourth-order valence-electron chi connectivity index (χ4n) is 3.33. The maximum absolute atomic E-state index is 13.4. The molecule has 1 amide bonds. The molecule has 1 aliphatic rings. The molecule has 1 aromatic heterocycles. The second-order valence-electron chi connectivity index (χ2n) is 7.64. The van der Waals surface area contributed by atoms with Crippen molar-refractivity contribution in [2.75, 3.05) is 37.4 Å². The molecule has 0 aliphatic carbocycles. The van der Waals surface area contributed by atoms with E-state index in [0.717, 1.165) is 0 Å². The van der Waals surface area contributed by atoms with Crippen molar-refractivity contribution in [2.45, 2.75) is 19.8 Å². The molecule has 3 aromatic rings. The van der Waals surface area contributed by atoms with Crippen LogP contribution in [0.1, 0.15) is 19.8 Å². The number of aromatic nitrogens is 2. The summed E-state index contributed by atoms with van der Waals surface area (Å²) in [5, 5.41) is 5.90. The summed E-state index contributed by atoms with van der Waals surface area (Å²) in [5.41, 5.74) is 1.25. The molecule has 0 saturated carbocycles. The van der Waals surface area contributed by atoms with E-state index in [1.807, 2.05) is 0 Å². The van der Waals surface area contributed by atoms with Crippen LogP contribution in [0.2, 0.25) is 5.02 Å². The minimum Gasteiger partial charge on any atom is -0.492 e. The number of rotatable bonds is 6. The Morgan fingerprint density at radius 1 is 1.24 bits per heavy atom. The third-order valence-electron chi connectivity index (χ3n) is 5.04. The molecule has 2 aromatic carbocycles. The largest absolute Gasteiger partial charge is 0.492 e. The number of halogens is 3. The van der Waals surface area contributed by atoms with Crippen molar-refractivity contribution < 1.29 is 18.3 Å². The van der Waals surface area contributed by atoms with E-state index in [0.29, 0.717) is 34.8 Å². The van der Waals surface area contributed by atoms with E-state index >= 15 is 0 Å². The predicted molar refractivity (Wildman–Crippen MR) is 131 cm³/mol. The zero-order valence-corrected chi connectivity index (χ0v) is 19.8. The minimum atomic E-state index is -1.13. The monoisotopic (exact) mass is 489 g/mol. The van der Waals surface area contributed by atoms with Crippen molar-refractivity contribution in [3.05, 3.63) is 59.9 Å². The first-order chi connectivity index (χ1) is 16.3. The Bertz CT molecular complexity index is 1190. The number of carbonyl (C=O) groups excluding carboxylic acids is 1. The third kappa shape index (κ3) is 6.61. The van der Waals surface area contributed by atoms with E-state index < -0.39 is 17.6 Å². The lowest BCUT2D eigenvalue weighted by molar-refractivity contribution is -0.114. The van der Waals surface area contributed by atoms with Gasteiger partial charge in [-0.1, -0.05) is 18.2 Å². The van der Waals surface area contributed by atoms with Crippen molar-refractivity contribution in [1.29, 1.82) is 0 Å². The Labute approximate surface area is 201 Å². The minimum absolute atomic E-state index is 0.0450. The Morgan fingerprint density at radius 2 is 1.97 bits per heavy atom. The highest BCUT2D eigenvalue weighted by Gasteiger charge is 2.15. The summed E-state index contributed by atoms with van der Waals surface area (Å²) < 4.78 is 32.0. The number of fused-ring (bicyclic) bond motifs is 1. The van der Waals surface area contributed by atoms with Gasteiger partial charge in [-0.25, -0.2) is 18.7 Å². The molecule has 34 heavy (non-hydrogen) atoms. The number of hydrogen-bond acceptors (Lipinski definition) is 6. The van der Waals surface area contributed by atoms with Gasteiger partial charge in [0.25, 0.3) is 5.91 Å². The molecule has 0 radical (unpaired) electrons. The standard InChI is InChI=1S/C19H15ClF2N4O2.C5H11N/c1-3-28-17-8-15-12(7-16(17)26-19(27)10(2)21)18(24-9-23-15)25-11-4-5-14(22)13(20)6-11;1-6-4-2-3-5-6/h4-9H,2-3H2,1H3,(H,26,27)(H,23,24,25);2-5H2,1H3. The van der Waals surface area contributed by atoms with Gasteiger partial charge in [0.2, 0.25) is 0 Å². The number of hydrogen-bond donors (Lipinski definition) is 2. The van der Waals surface area contributed by atoms with Crippen LogP contribution in [0, 0.1) is 5.82 Å². The molecule has 7 nitrogen and oxygen atoms in total. The second kappa shape index (κ2) is 11.7. The molecule has 0 spiro atoms. The summed E-state index contributed by atoms with van der Waals surface area (Å²) in [5.74, 6) is -1.97. The smallest absolute Gasteiger partial charge is 0.283 e. The highest BCUT2D eigenvalue weighted by atomic mass is 35.5. The molecule has 4 rings (SSSR count). The second-order valence-corrected chi connectivity index (χ2v) is 8.05. The van der Waals surface area contributed by atoms with Crippen LogP contribution in [0.5, 0.6) is 5.75 Å². The first-order valence-electron chi connectivity index (χ1n) is 10.8. The van der Waals surface area contributed by atoms with Gasteiger partial charge >= 0.3 is 0 Å². The third-order valence-corrected chi connectivity index (χ3v) is 5.33. The van der Waals surface area contributed by atoms with Gasteiger partial charge in [0.1, 0.15) is 23.7 Å².